The lowest BCUT2D eigenvalue weighted by Crippen LogP contribution is -2.16. The molecule has 1 aliphatic carbocycles. The van der Waals surface area contributed by atoms with Gasteiger partial charge in [-0.25, -0.2) is 0 Å². The topological polar surface area (TPSA) is 51.8 Å². The molecule has 13 heavy (non-hydrogen) atoms. The molecule has 2 N–H and O–H groups in total. The number of aromatic nitrogens is 2. The Morgan fingerprint density at radius 1 is 1.54 bits per heavy atom. The summed E-state index contributed by atoms with van der Waals surface area (Å²) < 4.78 is 0. The molecule has 1 atom stereocenters. The molecule has 3 heteroatoms. The van der Waals surface area contributed by atoms with E-state index in [1.807, 2.05) is 6.07 Å². The summed E-state index contributed by atoms with van der Waals surface area (Å²) in [5, 5.41) is 7.98. The maximum absolute atomic E-state index is 5.60. The van der Waals surface area contributed by atoms with E-state index in [2.05, 4.69) is 17.1 Å². The highest BCUT2D eigenvalue weighted by atomic mass is 15.1. The lowest BCUT2D eigenvalue weighted by molar-refractivity contribution is 0.437. The first-order valence-corrected chi connectivity index (χ1v) is 4.90. The van der Waals surface area contributed by atoms with Gasteiger partial charge in [-0.05, 0) is 36.8 Å². The van der Waals surface area contributed by atoms with Gasteiger partial charge in [0.15, 0.2) is 0 Å². The molecule has 1 unspecified atom stereocenters. The van der Waals surface area contributed by atoms with Crippen LogP contribution in [0.5, 0.6) is 0 Å². The van der Waals surface area contributed by atoms with Crippen molar-refractivity contribution in [1.29, 1.82) is 0 Å². The first-order valence-electron chi connectivity index (χ1n) is 4.90. The Kier molecular flexibility index (Phi) is 2.17. The fraction of sp³-hybridized carbons (Fsp3) is 0.600. The molecular weight excluding hydrogens is 162 g/mol. The Balaban J connectivity index is 2.27. The molecule has 0 spiro atoms. The second-order valence-corrected chi connectivity index (χ2v) is 3.76. The van der Waals surface area contributed by atoms with Crippen LogP contribution in [0.3, 0.4) is 0 Å². The molecule has 0 radical (unpaired) electrons. The Hall–Kier alpha value is -1.12. The molecule has 0 saturated carbocycles. The van der Waals surface area contributed by atoms with Gasteiger partial charge >= 0.3 is 0 Å². The molecule has 0 amide bonds. The van der Waals surface area contributed by atoms with E-state index < -0.39 is 0 Å². The summed E-state index contributed by atoms with van der Waals surface area (Å²) >= 11 is 0. The molecule has 0 aromatic carbocycles. The zero-order valence-corrected chi connectivity index (χ0v) is 7.95. The van der Waals surface area contributed by atoms with E-state index >= 15 is 0 Å². The fourth-order valence-corrected chi connectivity index (χ4v) is 1.96. The Labute approximate surface area is 78.4 Å². The fourth-order valence-electron chi connectivity index (χ4n) is 1.96. The first kappa shape index (κ1) is 8.48. The van der Waals surface area contributed by atoms with Crippen LogP contribution in [0.2, 0.25) is 0 Å². The predicted molar refractivity (Wildman–Crippen MR) is 52.3 cm³/mol. The highest BCUT2D eigenvalue weighted by Crippen LogP contribution is 2.26. The molecule has 0 aliphatic heterocycles. The number of hydrogen-bond acceptors (Lipinski definition) is 3. The van der Waals surface area contributed by atoms with E-state index in [0.29, 0.717) is 5.82 Å². The number of rotatable bonds is 1. The molecule has 0 fully saturated rings. The smallest absolute Gasteiger partial charge is 0.146 e. The van der Waals surface area contributed by atoms with Crippen molar-refractivity contribution >= 4 is 5.82 Å². The van der Waals surface area contributed by atoms with Gasteiger partial charge in [0.05, 0.1) is 5.69 Å². The highest BCUT2D eigenvalue weighted by molar-refractivity contribution is 5.34. The number of fused-ring (bicyclic) bond motifs is 1. The minimum Gasteiger partial charge on any atom is -0.382 e. The Bertz CT molecular complexity index is 309. The number of aryl methyl sites for hydroxylation is 1. The number of nitrogen functional groups attached to an aromatic ring is 1. The SMILES string of the molecule is CCC1CCc2nnc(N)cc2C1. The van der Waals surface area contributed by atoms with E-state index in [9.17, 15) is 0 Å². The summed E-state index contributed by atoms with van der Waals surface area (Å²) in [4.78, 5) is 0. The van der Waals surface area contributed by atoms with Crippen molar-refractivity contribution in [1.82, 2.24) is 10.2 Å². The number of hydrogen-bond donors (Lipinski definition) is 1. The third-order valence-electron chi connectivity index (χ3n) is 2.85. The van der Waals surface area contributed by atoms with E-state index in [1.165, 1.54) is 18.4 Å². The molecule has 70 valence electrons. The summed E-state index contributed by atoms with van der Waals surface area (Å²) in [6.45, 7) is 2.24. The molecule has 1 aliphatic rings. The predicted octanol–water partition coefficient (Wildman–Crippen LogP) is 1.57. The zero-order chi connectivity index (χ0) is 9.26. The van der Waals surface area contributed by atoms with Crippen molar-refractivity contribution in [2.75, 3.05) is 5.73 Å². The van der Waals surface area contributed by atoms with E-state index in [0.717, 1.165) is 24.5 Å². The van der Waals surface area contributed by atoms with Gasteiger partial charge in [-0.2, -0.15) is 5.10 Å². The molecule has 0 saturated heterocycles. The van der Waals surface area contributed by atoms with E-state index in [-0.39, 0.29) is 0 Å². The summed E-state index contributed by atoms with van der Waals surface area (Å²) in [5.74, 6) is 1.37. The lowest BCUT2D eigenvalue weighted by atomic mass is 9.85. The average Bonchev–Trinajstić information content (AvgIpc) is 2.16. The van der Waals surface area contributed by atoms with Crippen molar-refractivity contribution < 1.29 is 0 Å². The lowest BCUT2D eigenvalue weighted by Gasteiger charge is -2.21. The van der Waals surface area contributed by atoms with Crippen LogP contribution in [0.1, 0.15) is 31.0 Å². The molecule has 1 aromatic heterocycles. The van der Waals surface area contributed by atoms with Crippen LogP contribution in [-0.2, 0) is 12.8 Å². The molecule has 2 rings (SSSR count). The zero-order valence-electron chi connectivity index (χ0n) is 7.95. The largest absolute Gasteiger partial charge is 0.382 e. The summed E-state index contributed by atoms with van der Waals surface area (Å²) in [5.41, 5.74) is 8.06. The van der Waals surface area contributed by atoms with Crippen LogP contribution in [0.4, 0.5) is 5.82 Å². The van der Waals surface area contributed by atoms with E-state index in [1.54, 1.807) is 0 Å². The molecule has 0 bridgehead atoms. The normalized spacial score (nSPS) is 21.2. The van der Waals surface area contributed by atoms with Gasteiger partial charge in [0, 0.05) is 0 Å². The van der Waals surface area contributed by atoms with E-state index in [4.69, 9.17) is 5.73 Å². The van der Waals surface area contributed by atoms with Crippen molar-refractivity contribution in [3.8, 4) is 0 Å². The van der Waals surface area contributed by atoms with Crippen molar-refractivity contribution in [2.24, 2.45) is 5.92 Å². The van der Waals surface area contributed by atoms with Gasteiger partial charge in [0.2, 0.25) is 0 Å². The van der Waals surface area contributed by atoms with Crippen molar-refractivity contribution in [2.45, 2.75) is 32.6 Å². The summed E-state index contributed by atoms with van der Waals surface area (Å²) in [7, 11) is 0. The second-order valence-electron chi connectivity index (χ2n) is 3.76. The Morgan fingerprint density at radius 2 is 2.38 bits per heavy atom. The minimum atomic E-state index is 0.551. The molecular formula is C10H15N3. The first-order chi connectivity index (χ1) is 6.29. The van der Waals surface area contributed by atoms with Crippen LogP contribution >= 0.6 is 0 Å². The van der Waals surface area contributed by atoms with Crippen LogP contribution < -0.4 is 5.73 Å². The second kappa shape index (κ2) is 3.32. The highest BCUT2D eigenvalue weighted by Gasteiger charge is 2.18. The van der Waals surface area contributed by atoms with Crippen LogP contribution in [-0.4, -0.2) is 10.2 Å². The van der Waals surface area contributed by atoms with Crippen molar-refractivity contribution in [3.63, 3.8) is 0 Å². The quantitative estimate of drug-likeness (QED) is 0.708. The standard InChI is InChI=1S/C10H15N3/c1-2-7-3-4-9-8(5-7)6-10(11)13-12-9/h6-7H,2-5H2,1H3,(H2,11,13). The molecule has 1 aromatic rings. The van der Waals surface area contributed by atoms with Gasteiger partial charge in [-0.1, -0.05) is 13.3 Å². The Morgan fingerprint density at radius 3 is 3.15 bits per heavy atom. The van der Waals surface area contributed by atoms with Crippen LogP contribution in [0.15, 0.2) is 6.07 Å². The van der Waals surface area contributed by atoms with Gasteiger partial charge < -0.3 is 5.73 Å². The third kappa shape index (κ3) is 1.64. The van der Waals surface area contributed by atoms with Gasteiger partial charge in [-0.3, -0.25) is 0 Å². The molecule has 1 heterocycles. The minimum absolute atomic E-state index is 0.551. The third-order valence-corrected chi connectivity index (χ3v) is 2.85. The van der Waals surface area contributed by atoms with Crippen LogP contribution in [0, 0.1) is 5.92 Å². The summed E-state index contributed by atoms with van der Waals surface area (Å²) in [6, 6.07) is 1.98. The van der Waals surface area contributed by atoms with Crippen LogP contribution in [0.25, 0.3) is 0 Å². The van der Waals surface area contributed by atoms with Crippen molar-refractivity contribution in [3.05, 3.63) is 17.3 Å². The van der Waals surface area contributed by atoms with Gasteiger partial charge in [0.25, 0.3) is 0 Å². The maximum Gasteiger partial charge on any atom is 0.146 e. The average molecular weight is 177 g/mol. The monoisotopic (exact) mass is 177 g/mol. The summed E-state index contributed by atoms with van der Waals surface area (Å²) in [6.07, 6.45) is 4.70. The number of nitrogens with two attached hydrogens (primary N) is 1. The van der Waals surface area contributed by atoms with Gasteiger partial charge in [0.1, 0.15) is 5.82 Å². The molecule has 3 nitrogen and oxygen atoms in total. The number of nitrogens with zero attached hydrogens (tertiary/aromatic N) is 2. The maximum atomic E-state index is 5.60. The number of anilines is 1. The van der Waals surface area contributed by atoms with Gasteiger partial charge in [-0.15, -0.1) is 5.10 Å².